The second-order valence-corrected chi connectivity index (χ2v) is 8.98. The van der Waals surface area contributed by atoms with E-state index in [-0.39, 0.29) is 12.2 Å². The van der Waals surface area contributed by atoms with Gasteiger partial charge in [-0.15, -0.1) is 0 Å². The number of hydrogen-bond donors (Lipinski definition) is 0. The van der Waals surface area contributed by atoms with Crippen LogP contribution in [-0.2, 0) is 30.5 Å². The van der Waals surface area contributed by atoms with Crippen molar-refractivity contribution in [2.75, 3.05) is 0 Å². The number of rotatable bonds is 7. The molecule has 8 nitrogen and oxygen atoms in total. The Kier molecular flexibility index (Phi) is 11.5. The van der Waals surface area contributed by atoms with E-state index >= 15 is 0 Å². The van der Waals surface area contributed by atoms with E-state index < -0.39 is 23.4 Å². The summed E-state index contributed by atoms with van der Waals surface area (Å²) in [6, 6.07) is 20.2. The van der Waals surface area contributed by atoms with Crippen molar-refractivity contribution in [2.45, 2.75) is 78.8 Å². The summed E-state index contributed by atoms with van der Waals surface area (Å²) < 4.78 is 9.20. The Morgan fingerprint density at radius 3 is 1.18 bits per heavy atom. The summed E-state index contributed by atoms with van der Waals surface area (Å²) >= 11 is 0. The van der Waals surface area contributed by atoms with E-state index in [0.29, 0.717) is 0 Å². The van der Waals surface area contributed by atoms with Crippen LogP contribution in [0.2, 0.25) is 0 Å². The van der Waals surface area contributed by atoms with Crippen LogP contribution in [0.5, 0.6) is 0 Å². The zero-order chi connectivity index (χ0) is 25.8. The zero-order valence-corrected chi connectivity index (χ0v) is 21.3. The van der Waals surface area contributed by atoms with Gasteiger partial charge in [0, 0.05) is 0 Å². The van der Waals surface area contributed by atoms with Gasteiger partial charge in [-0.25, -0.2) is 19.4 Å². The van der Waals surface area contributed by atoms with Crippen LogP contribution in [0.25, 0.3) is 0 Å². The van der Waals surface area contributed by atoms with Crippen LogP contribution in [0.3, 0.4) is 0 Å². The molecule has 0 atom stereocenters. The summed E-state index contributed by atoms with van der Waals surface area (Å²) in [5.74, 6) is 0. The Morgan fingerprint density at radius 1 is 0.618 bits per heavy atom. The zero-order valence-electron chi connectivity index (χ0n) is 21.3. The minimum absolute atomic E-state index is 0.289. The normalized spacial score (nSPS) is 11.8. The van der Waals surface area contributed by atoms with Gasteiger partial charge in [0.1, 0.15) is 11.2 Å². The van der Waals surface area contributed by atoms with Gasteiger partial charge in [-0.05, 0) is 66.5 Å². The van der Waals surface area contributed by atoms with Gasteiger partial charge < -0.3 is 9.47 Å². The molecule has 0 bridgehead atoms. The van der Waals surface area contributed by atoms with Gasteiger partial charge in [-0.2, -0.15) is 0 Å². The first-order valence-corrected chi connectivity index (χ1v) is 11.1. The van der Waals surface area contributed by atoms with Crippen molar-refractivity contribution in [3.05, 3.63) is 71.8 Å². The molecule has 0 aliphatic carbocycles. The number of amides is 2. The summed E-state index contributed by atoms with van der Waals surface area (Å²) in [6.07, 6.45) is -2.38. The summed E-state index contributed by atoms with van der Waals surface area (Å²) in [6.45, 7) is 14.7. The van der Waals surface area contributed by atoms with Crippen molar-refractivity contribution in [1.29, 1.82) is 0 Å². The van der Waals surface area contributed by atoms with Crippen molar-refractivity contribution in [1.82, 2.24) is 0 Å². The topological polar surface area (TPSA) is 95.8 Å². The highest BCUT2D eigenvalue weighted by atomic mass is 17.2. The summed E-state index contributed by atoms with van der Waals surface area (Å²) in [4.78, 5) is 33.0. The van der Waals surface area contributed by atoms with Gasteiger partial charge in [-0.3, -0.25) is 0 Å². The Bertz CT molecular complexity index is 834. The fourth-order valence-corrected chi connectivity index (χ4v) is 2.52. The molecule has 186 valence electrons. The third-order valence-electron chi connectivity index (χ3n) is 4.28. The first-order valence-electron chi connectivity index (χ1n) is 11.1. The molecule has 0 unspecified atom stereocenters. The van der Waals surface area contributed by atoms with Gasteiger partial charge in [0.05, 0.1) is 12.2 Å². The van der Waals surface area contributed by atoms with E-state index in [1.807, 2.05) is 88.4 Å². The van der Waals surface area contributed by atoms with Crippen LogP contribution < -0.4 is 0 Å². The maximum absolute atomic E-state index is 10.8. The molecule has 2 amide bonds. The highest BCUT2D eigenvalue weighted by Crippen LogP contribution is 2.31. The molecule has 2 aromatic rings. The number of hydrogen-bond acceptors (Lipinski definition) is 6. The van der Waals surface area contributed by atoms with Gasteiger partial charge in [0.25, 0.3) is 0 Å². The minimum atomic E-state index is -0.902. The summed E-state index contributed by atoms with van der Waals surface area (Å²) in [7, 11) is 0. The maximum Gasteiger partial charge on any atom is 0.452 e. The molecular weight excluding hydrogens is 436 g/mol. The number of carbonyl (C=O) groups is 2. The molecule has 0 N–H and O–H groups in total. The molecule has 0 aromatic heterocycles. The molecule has 0 heterocycles. The standard InChI is InChI=1S/C18H22O2.C8H14N2O4/c1-17(2,15-11-7-5-8-12-15)19-20-18(3,4)16-13-9-6-10-14-16;1-5(2)13-7(11)9-10-8(12)14-6(3)4/h5-14H,1-4H3;5-6H,1-4H3. The molecule has 0 radical (unpaired) electrons. The molecular formula is C26H36N2O6. The first kappa shape index (κ1) is 28.9. The van der Waals surface area contributed by atoms with Crippen LogP contribution in [0, 0.1) is 0 Å². The van der Waals surface area contributed by atoms with Crippen LogP contribution in [0.4, 0.5) is 9.59 Å². The predicted molar refractivity (Wildman–Crippen MR) is 129 cm³/mol. The summed E-state index contributed by atoms with van der Waals surface area (Å²) in [5, 5.41) is 6.01. The van der Waals surface area contributed by atoms with E-state index in [9.17, 15) is 9.59 Å². The van der Waals surface area contributed by atoms with Crippen molar-refractivity contribution in [3.8, 4) is 0 Å². The molecule has 2 aromatic carbocycles. The smallest absolute Gasteiger partial charge is 0.444 e. The lowest BCUT2D eigenvalue weighted by molar-refractivity contribution is -0.410. The second-order valence-electron chi connectivity index (χ2n) is 8.98. The number of benzene rings is 2. The minimum Gasteiger partial charge on any atom is -0.444 e. The second kappa shape index (κ2) is 13.6. The van der Waals surface area contributed by atoms with E-state index in [4.69, 9.17) is 9.78 Å². The van der Waals surface area contributed by atoms with E-state index in [2.05, 4.69) is 19.7 Å². The van der Waals surface area contributed by atoms with Crippen LogP contribution in [0.15, 0.2) is 70.9 Å². The fourth-order valence-electron chi connectivity index (χ4n) is 2.52. The van der Waals surface area contributed by atoms with Gasteiger partial charge in [0.2, 0.25) is 0 Å². The average Bonchev–Trinajstić information content (AvgIpc) is 2.77. The molecule has 0 aliphatic heterocycles. The Balaban J connectivity index is 0.000000365. The third-order valence-corrected chi connectivity index (χ3v) is 4.28. The van der Waals surface area contributed by atoms with E-state index in [0.717, 1.165) is 11.1 Å². The highest BCUT2D eigenvalue weighted by molar-refractivity contribution is 5.73. The molecule has 8 heteroatoms. The molecule has 0 fully saturated rings. The molecule has 0 spiro atoms. The monoisotopic (exact) mass is 472 g/mol. The molecule has 0 saturated heterocycles. The lowest BCUT2D eigenvalue weighted by Gasteiger charge is -2.31. The van der Waals surface area contributed by atoms with Crippen LogP contribution >= 0.6 is 0 Å². The van der Waals surface area contributed by atoms with E-state index in [1.165, 1.54) is 0 Å². The van der Waals surface area contributed by atoms with Gasteiger partial charge >= 0.3 is 12.2 Å². The van der Waals surface area contributed by atoms with Crippen molar-refractivity contribution < 1.29 is 28.8 Å². The van der Waals surface area contributed by atoms with Crippen molar-refractivity contribution >= 4 is 12.2 Å². The lowest BCUT2D eigenvalue weighted by Crippen LogP contribution is -2.29. The molecule has 34 heavy (non-hydrogen) atoms. The van der Waals surface area contributed by atoms with Crippen molar-refractivity contribution in [3.63, 3.8) is 0 Å². The fraction of sp³-hybridized carbons (Fsp3) is 0.462. The third kappa shape index (κ3) is 11.2. The number of ether oxygens (including phenoxy) is 2. The maximum atomic E-state index is 10.8. The Hall–Kier alpha value is -3.10. The number of azo groups is 1. The Labute approximate surface area is 202 Å². The molecule has 0 saturated carbocycles. The van der Waals surface area contributed by atoms with Gasteiger partial charge in [0.15, 0.2) is 0 Å². The van der Waals surface area contributed by atoms with Gasteiger partial charge in [-0.1, -0.05) is 70.9 Å². The van der Waals surface area contributed by atoms with Crippen molar-refractivity contribution in [2.24, 2.45) is 10.2 Å². The largest absolute Gasteiger partial charge is 0.452 e. The Morgan fingerprint density at radius 2 is 0.912 bits per heavy atom. The lowest BCUT2D eigenvalue weighted by atomic mass is 9.98. The highest BCUT2D eigenvalue weighted by Gasteiger charge is 2.29. The van der Waals surface area contributed by atoms with Crippen LogP contribution in [-0.4, -0.2) is 24.4 Å². The summed E-state index contributed by atoms with van der Waals surface area (Å²) in [5.41, 5.74) is 1.19. The number of nitrogens with zero attached hydrogens (tertiary/aromatic N) is 2. The first-order chi connectivity index (χ1) is 15.8. The predicted octanol–water partition coefficient (Wildman–Crippen LogP) is 7.33. The SMILES string of the molecule is CC(C)(OOC(C)(C)c1ccccc1)c1ccccc1.CC(C)OC(=O)N=NC(=O)OC(C)C. The van der Waals surface area contributed by atoms with E-state index in [1.54, 1.807) is 27.7 Å². The van der Waals surface area contributed by atoms with Crippen LogP contribution in [0.1, 0.15) is 66.5 Å². The molecule has 0 aliphatic rings. The number of carbonyl (C=O) groups excluding carboxylic acids is 2. The quantitative estimate of drug-likeness (QED) is 0.238. The average molecular weight is 473 g/mol. The molecule has 2 rings (SSSR count).